The number of benzene rings is 2. The molecular weight excluding hydrogens is 276 g/mol. The van der Waals surface area contributed by atoms with Gasteiger partial charge in [0, 0.05) is 11.1 Å². The number of ether oxygens (including phenoxy) is 2. The number of methoxy groups -OCH3 is 2. The molecule has 22 heavy (non-hydrogen) atoms. The van der Waals surface area contributed by atoms with Crippen LogP contribution in [0.4, 0.5) is 0 Å². The van der Waals surface area contributed by atoms with Crippen molar-refractivity contribution in [1.82, 2.24) is 0 Å². The van der Waals surface area contributed by atoms with Crippen molar-refractivity contribution in [2.45, 2.75) is 12.8 Å². The van der Waals surface area contributed by atoms with Crippen LogP contribution in [-0.2, 0) is 12.8 Å². The zero-order valence-corrected chi connectivity index (χ0v) is 12.6. The third kappa shape index (κ3) is 1.86. The predicted octanol–water partition coefficient (Wildman–Crippen LogP) is 3.37. The summed E-state index contributed by atoms with van der Waals surface area (Å²) in [6.45, 7) is 0. The highest BCUT2D eigenvalue weighted by Crippen LogP contribution is 2.42. The van der Waals surface area contributed by atoms with E-state index in [-0.39, 0.29) is 5.43 Å². The summed E-state index contributed by atoms with van der Waals surface area (Å²) in [5.41, 5.74) is 6.36. The lowest BCUT2D eigenvalue weighted by Crippen LogP contribution is -1.99. The third-order valence-electron chi connectivity index (χ3n) is 4.47. The van der Waals surface area contributed by atoms with E-state index in [1.165, 1.54) is 11.1 Å². The van der Waals surface area contributed by atoms with Crippen molar-refractivity contribution in [2.24, 2.45) is 0 Å². The van der Waals surface area contributed by atoms with Crippen LogP contribution in [0.1, 0.15) is 11.1 Å². The van der Waals surface area contributed by atoms with Crippen LogP contribution in [-0.4, -0.2) is 14.2 Å². The summed E-state index contributed by atoms with van der Waals surface area (Å²) in [6.07, 6.45) is 1.77. The number of fused-ring (bicyclic) bond motifs is 5. The molecule has 0 radical (unpaired) electrons. The van der Waals surface area contributed by atoms with Crippen LogP contribution in [0.5, 0.6) is 11.5 Å². The SMILES string of the molecule is COc1ccc2c(c1)CCc1cc(OC)ccc1-c1c-2c1=O. The zero-order valence-electron chi connectivity index (χ0n) is 12.6. The Hall–Kier alpha value is -2.55. The van der Waals surface area contributed by atoms with Gasteiger partial charge >= 0.3 is 0 Å². The van der Waals surface area contributed by atoms with E-state index in [0.29, 0.717) is 0 Å². The Morgan fingerprint density at radius 1 is 0.773 bits per heavy atom. The molecule has 0 amide bonds. The summed E-state index contributed by atoms with van der Waals surface area (Å²) in [4.78, 5) is 12.3. The van der Waals surface area contributed by atoms with Crippen LogP contribution in [0, 0.1) is 0 Å². The molecule has 0 unspecified atom stereocenters. The number of rotatable bonds is 2. The summed E-state index contributed by atoms with van der Waals surface area (Å²) in [7, 11) is 3.33. The smallest absolute Gasteiger partial charge is 0.195 e. The molecule has 1 aliphatic rings. The number of hydrogen-bond donors (Lipinski definition) is 0. The normalized spacial score (nSPS) is 12.8. The van der Waals surface area contributed by atoms with Crippen LogP contribution in [0.25, 0.3) is 22.3 Å². The first kappa shape index (κ1) is 13.1. The molecule has 0 N–H and O–H groups in total. The van der Waals surface area contributed by atoms with Crippen molar-refractivity contribution in [3.63, 3.8) is 0 Å². The van der Waals surface area contributed by atoms with Crippen LogP contribution in [0.15, 0.2) is 41.2 Å². The number of hydrogen-bond acceptors (Lipinski definition) is 3. The predicted molar refractivity (Wildman–Crippen MR) is 86.5 cm³/mol. The minimum absolute atomic E-state index is 0.166. The van der Waals surface area contributed by atoms with Crippen molar-refractivity contribution in [2.75, 3.05) is 14.2 Å². The molecule has 0 fully saturated rings. The molecule has 0 spiro atoms. The molecule has 3 aromatic carbocycles. The second-order valence-electron chi connectivity index (χ2n) is 5.63. The Labute approximate surface area is 128 Å². The molecule has 0 aliphatic heterocycles. The van der Waals surface area contributed by atoms with Gasteiger partial charge in [0.2, 0.25) is 0 Å². The fourth-order valence-corrected chi connectivity index (χ4v) is 3.25. The maximum atomic E-state index is 12.3. The molecule has 0 aromatic heterocycles. The first-order valence-corrected chi connectivity index (χ1v) is 7.36. The highest BCUT2D eigenvalue weighted by molar-refractivity contribution is 5.96. The minimum atomic E-state index is 0.166. The first-order valence-electron chi connectivity index (χ1n) is 7.36. The molecule has 1 aliphatic carbocycles. The molecule has 3 heteroatoms. The van der Waals surface area contributed by atoms with Gasteiger partial charge in [-0.25, -0.2) is 0 Å². The van der Waals surface area contributed by atoms with E-state index in [4.69, 9.17) is 9.47 Å². The van der Waals surface area contributed by atoms with Gasteiger partial charge in [-0.3, -0.25) is 4.79 Å². The molecule has 110 valence electrons. The van der Waals surface area contributed by atoms with Crippen molar-refractivity contribution in [1.29, 1.82) is 0 Å². The maximum Gasteiger partial charge on any atom is 0.195 e. The fraction of sp³-hybridized carbons (Fsp3) is 0.211. The molecule has 0 saturated carbocycles. The second kappa shape index (κ2) is 4.73. The van der Waals surface area contributed by atoms with Crippen molar-refractivity contribution < 1.29 is 9.47 Å². The van der Waals surface area contributed by atoms with Crippen LogP contribution in [0.2, 0.25) is 0 Å². The standard InChI is InChI=1S/C19H16O3/c1-21-13-5-7-15-11(9-13)3-4-12-10-14(22-2)6-8-16(12)18-17(15)19(18)20/h5-10H,3-4H2,1-2H3. The topological polar surface area (TPSA) is 35.5 Å². The van der Waals surface area contributed by atoms with E-state index >= 15 is 0 Å². The van der Waals surface area contributed by atoms with Gasteiger partial charge in [-0.1, -0.05) is 12.1 Å². The molecule has 3 nitrogen and oxygen atoms in total. The first-order chi connectivity index (χ1) is 10.7. The Balaban J connectivity index is 1.89. The van der Waals surface area contributed by atoms with E-state index in [9.17, 15) is 4.79 Å². The Morgan fingerprint density at radius 3 is 1.64 bits per heavy atom. The average molecular weight is 292 g/mol. The molecule has 0 atom stereocenters. The molecule has 4 rings (SSSR count). The van der Waals surface area contributed by atoms with Crippen LogP contribution < -0.4 is 14.9 Å². The van der Waals surface area contributed by atoms with E-state index in [0.717, 1.165) is 46.6 Å². The highest BCUT2D eigenvalue weighted by Gasteiger charge is 2.30. The van der Waals surface area contributed by atoms with Gasteiger partial charge in [0.25, 0.3) is 0 Å². The Morgan fingerprint density at radius 2 is 1.23 bits per heavy atom. The molecule has 0 bridgehead atoms. The summed E-state index contributed by atoms with van der Waals surface area (Å²) in [6, 6.07) is 11.9. The Kier molecular flexibility index (Phi) is 2.83. The molecular formula is C19H16O3. The van der Waals surface area contributed by atoms with Gasteiger partial charge in [0.1, 0.15) is 11.5 Å². The molecule has 0 saturated heterocycles. The van der Waals surface area contributed by atoms with Crippen molar-refractivity contribution in [3.8, 4) is 33.8 Å². The van der Waals surface area contributed by atoms with E-state index < -0.39 is 0 Å². The highest BCUT2D eigenvalue weighted by atomic mass is 16.5. The molecule has 3 aromatic rings. The van der Waals surface area contributed by atoms with Gasteiger partial charge in [-0.15, -0.1) is 0 Å². The summed E-state index contributed by atoms with van der Waals surface area (Å²) in [5.74, 6) is 1.67. The lowest BCUT2D eigenvalue weighted by Gasteiger charge is -2.14. The van der Waals surface area contributed by atoms with E-state index in [1.54, 1.807) is 14.2 Å². The van der Waals surface area contributed by atoms with E-state index in [2.05, 4.69) is 0 Å². The summed E-state index contributed by atoms with van der Waals surface area (Å²) in [5, 5.41) is 0. The van der Waals surface area contributed by atoms with Gasteiger partial charge in [0.15, 0.2) is 5.43 Å². The minimum Gasteiger partial charge on any atom is -0.497 e. The largest absolute Gasteiger partial charge is 0.497 e. The third-order valence-corrected chi connectivity index (χ3v) is 4.47. The average Bonchev–Trinajstić information content (AvgIpc) is 3.20. The Bertz CT molecular complexity index is 812. The molecule has 0 heterocycles. The summed E-state index contributed by atoms with van der Waals surface area (Å²) < 4.78 is 10.6. The lowest BCUT2D eigenvalue weighted by atomic mass is 9.91. The lowest BCUT2D eigenvalue weighted by molar-refractivity contribution is 0.414. The fourth-order valence-electron chi connectivity index (χ4n) is 3.25. The van der Waals surface area contributed by atoms with E-state index in [1.807, 2.05) is 36.4 Å². The van der Waals surface area contributed by atoms with Gasteiger partial charge in [-0.2, -0.15) is 0 Å². The van der Waals surface area contributed by atoms with Crippen LogP contribution >= 0.6 is 0 Å². The van der Waals surface area contributed by atoms with Crippen molar-refractivity contribution in [3.05, 3.63) is 57.7 Å². The van der Waals surface area contributed by atoms with Gasteiger partial charge < -0.3 is 9.47 Å². The van der Waals surface area contributed by atoms with Crippen LogP contribution in [0.3, 0.4) is 0 Å². The monoisotopic (exact) mass is 292 g/mol. The zero-order chi connectivity index (χ0) is 15.3. The number of aryl methyl sites for hydroxylation is 2. The maximum absolute atomic E-state index is 12.3. The second-order valence-corrected chi connectivity index (χ2v) is 5.63. The van der Waals surface area contributed by atoms with Gasteiger partial charge in [-0.05, 0) is 59.4 Å². The summed E-state index contributed by atoms with van der Waals surface area (Å²) >= 11 is 0. The quantitative estimate of drug-likeness (QED) is 0.726. The van der Waals surface area contributed by atoms with Crippen molar-refractivity contribution >= 4 is 0 Å². The van der Waals surface area contributed by atoms with Gasteiger partial charge in [0.05, 0.1) is 14.2 Å².